The SMILES string of the molecule is COc1ccc(N(c2ccncn2)S(=O)(=O)c2ccc3cnccc3c2)c(NC2CCC(F)(F)CC2)n1. The zero-order valence-corrected chi connectivity index (χ0v) is 20.7. The first-order valence-electron chi connectivity index (χ1n) is 11.6. The molecule has 1 fully saturated rings. The summed E-state index contributed by atoms with van der Waals surface area (Å²) in [5.41, 5.74) is 0.173. The lowest BCUT2D eigenvalue weighted by atomic mass is 9.92. The quantitative estimate of drug-likeness (QED) is 0.360. The first kappa shape index (κ1) is 24.8. The summed E-state index contributed by atoms with van der Waals surface area (Å²) in [5, 5.41) is 4.67. The highest BCUT2D eigenvalue weighted by Crippen LogP contribution is 2.39. The molecule has 0 aliphatic heterocycles. The van der Waals surface area contributed by atoms with Gasteiger partial charge in [-0.15, -0.1) is 0 Å². The van der Waals surface area contributed by atoms with Gasteiger partial charge in [0, 0.05) is 55.0 Å². The van der Waals surface area contributed by atoms with E-state index in [0.29, 0.717) is 5.39 Å². The molecule has 5 rings (SSSR count). The number of fused-ring (bicyclic) bond motifs is 1. The number of alkyl halides is 2. The highest BCUT2D eigenvalue weighted by atomic mass is 32.2. The predicted octanol–water partition coefficient (Wildman–Crippen LogP) is 4.95. The van der Waals surface area contributed by atoms with Crippen molar-refractivity contribution in [3.05, 3.63) is 67.4 Å². The van der Waals surface area contributed by atoms with Crippen LogP contribution in [-0.4, -0.2) is 47.4 Å². The van der Waals surface area contributed by atoms with Crippen molar-refractivity contribution in [2.45, 2.75) is 42.5 Å². The Morgan fingerprint density at radius 3 is 2.54 bits per heavy atom. The Balaban J connectivity index is 1.62. The van der Waals surface area contributed by atoms with Crippen molar-refractivity contribution >= 4 is 38.1 Å². The van der Waals surface area contributed by atoms with Gasteiger partial charge in [-0.2, -0.15) is 4.98 Å². The standard InChI is InChI=1S/C25H24F2N6O3S/c1-36-23-5-4-21(24(32-23)31-19-6-10-25(26,27)11-7-19)33(22-9-13-29-16-30-22)37(34,35)20-3-2-18-15-28-12-8-17(18)14-20/h2-5,8-9,12-16,19H,6-7,10-11H2,1H3,(H,31,32). The van der Waals surface area contributed by atoms with Crippen molar-refractivity contribution in [2.24, 2.45) is 0 Å². The van der Waals surface area contributed by atoms with E-state index in [9.17, 15) is 17.2 Å². The van der Waals surface area contributed by atoms with Gasteiger partial charge in [-0.05, 0) is 42.5 Å². The molecular formula is C25H24F2N6O3S. The van der Waals surface area contributed by atoms with Crippen molar-refractivity contribution in [3.8, 4) is 5.88 Å². The zero-order chi connectivity index (χ0) is 26.0. The molecule has 1 aliphatic rings. The summed E-state index contributed by atoms with van der Waals surface area (Å²) in [6.45, 7) is 0. The maximum atomic E-state index is 14.1. The van der Waals surface area contributed by atoms with E-state index in [1.165, 1.54) is 37.8 Å². The van der Waals surface area contributed by atoms with Crippen LogP contribution in [0.1, 0.15) is 25.7 Å². The molecule has 0 unspecified atom stereocenters. The maximum Gasteiger partial charge on any atom is 0.270 e. The van der Waals surface area contributed by atoms with E-state index in [2.05, 4.69) is 25.3 Å². The van der Waals surface area contributed by atoms with Crippen LogP contribution in [0.15, 0.2) is 72.3 Å². The first-order chi connectivity index (χ1) is 17.8. The van der Waals surface area contributed by atoms with Gasteiger partial charge in [0.1, 0.15) is 12.0 Å². The van der Waals surface area contributed by atoms with Gasteiger partial charge in [-0.25, -0.2) is 31.5 Å². The number of hydrogen-bond donors (Lipinski definition) is 1. The van der Waals surface area contributed by atoms with Gasteiger partial charge in [0.15, 0.2) is 11.6 Å². The summed E-state index contributed by atoms with van der Waals surface area (Å²) >= 11 is 0. The molecule has 0 bridgehead atoms. The average molecular weight is 527 g/mol. The van der Waals surface area contributed by atoms with Crippen molar-refractivity contribution < 1.29 is 21.9 Å². The van der Waals surface area contributed by atoms with Gasteiger partial charge in [0.05, 0.1) is 12.0 Å². The molecule has 0 amide bonds. The normalized spacial score (nSPS) is 15.9. The van der Waals surface area contributed by atoms with Gasteiger partial charge in [0.25, 0.3) is 10.0 Å². The Labute approximate surface area is 212 Å². The van der Waals surface area contributed by atoms with E-state index in [4.69, 9.17) is 4.74 Å². The van der Waals surface area contributed by atoms with E-state index in [1.807, 2.05) is 0 Å². The van der Waals surface area contributed by atoms with Crippen LogP contribution in [0, 0.1) is 0 Å². The molecule has 0 saturated heterocycles. The van der Waals surface area contributed by atoms with E-state index in [-0.39, 0.29) is 59.8 Å². The smallest absolute Gasteiger partial charge is 0.270 e. The number of aromatic nitrogens is 4. The second-order valence-corrected chi connectivity index (χ2v) is 10.5. The second-order valence-electron chi connectivity index (χ2n) is 8.72. The summed E-state index contributed by atoms with van der Waals surface area (Å²) < 4.78 is 62.1. The third kappa shape index (κ3) is 5.15. The molecule has 1 N–H and O–H groups in total. The number of pyridine rings is 2. The van der Waals surface area contributed by atoms with Crippen molar-refractivity contribution in [2.75, 3.05) is 16.7 Å². The first-order valence-corrected chi connectivity index (χ1v) is 13.1. The summed E-state index contributed by atoms with van der Waals surface area (Å²) in [7, 11) is -2.78. The van der Waals surface area contributed by atoms with Crippen LogP contribution in [0.4, 0.5) is 26.1 Å². The molecule has 9 nitrogen and oxygen atoms in total. The third-order valence-corrected chi connectivity index (χ3v) is 7.97. The fourth-order valence-corrected chi connectivity index (χ4v) is 5.79. The maximum absolute atomic E-state index is 14.1. The molecule has 1 saturated carbocycles. The fourth-order valence-electron chi connectivity index (χ4n) is 4.30. The van der Waals surface area contributed by atoms with Gasteiger partial charge in [0.2, 0.25) is 11.8 Å². The number of nitrogens with zero attached hydrogens (tertiary/aromatic N) is 5. The summed E-state index contributed by atoms with van der Waals surface area (Å²) in [5.74, 6) is -2.19. The Morgan fingerprint density at radius 2 is 1.81 bits per heavy atom. The van der Waals surface area contributed by atoms with Crippen molar-refractivity contribution in [3.63, 3.8) is 0 Å². The highest BCUT2D eigenvalue weighted by molar-refractivity contribution is 7.93. The molecule has 0 radical (unpaired) electrons. The zero-order valence-electron chi connectivity index (χ0n) is 19.9. The van der Waals surface area contributed by atoms with E-state index in [1.54, 1.807) is 36.7 Å². The number of ether oxygens (including phenoxy) is 1. The second kappa shape index (κ2) is 9.85. The minimum absolute atomic E-state index is 0.0314. The van der Waals surface area contributed by atoms with Crippen LogP contribution in [0.5, 0.6) is 5.88 Å². The lowest BCUT2D eigenvalue weighted by Crippen LogP contribution is -2.33. The number of halogens is 2. The Bertz CT molecular complexity index is 1510. The van der Waals surface area contributed by atoms with Crippen LogP contribution in [0.3, 0.4) is 0 Å². The molecule has 3 aromatic heterocycles. The fraction of sp³-hybridized carbons (Fsp3) is 0.280. The Hall–Kier alpha value is -3.93. The van der Waals surface area contributed by atoms with Crippen LogP contribution in [0.25, 0.3) is 10.8 Å². The van der Waals surface area contributed by atoms with Crippen molar-refractivity contribution in [1.82, 2.24) is 19.9 Å². The summed E-state index contributed by atoms with van der Waals surface area (Å²) in [6.07, 6.45) is 5.82. The minimum atomic E-state index is -4.22. The molecule has 1 aromatic carbocycles. The lowest BCUT2D eigenvalue weighted by molar-refractivity contribution is -0.0361. The minimum Gasteiger partial charge on any atom is -0.481 e. The van der Waals surface area contributed by atoms with E-state index >= 15 is 0 Å². The summed E-state index contributed by atoms with van der Waals surface area (Å²) in [6, 6.07) is 10.7. The van der Waals surface area contributed by atoms with E-state index < -0.39 is 15.9 Å². The molecule has 4 aromatic rings. The number of rotatable bonds is 7. The number of nitrogens with one attached hydrogen (secondary N) is 1. The molecule has 12 heteroatoms. The summed E-state index contributed by atoms with van der Waals surface area (Å²) in [4.78, 5) is 16.7. The van der Waals surface area contributed by atoms with Crippen LogP contribution in [-0.2, 0) is 10.0 Å². The number of hydrogen-bond acceptors (Lipinski definition) is 8. The number of methoxy groups -OCH3 is 1. The number of sulfonamides is 1. The lowest BCUT2D eigenvalue weighted by Gasteiger charge is -2.31. The Kier molecular flexibility index (Phi) is 6.59. The molecule has 192 valence electrons. The topological polar surface area (TPSA) is 110 Å². The van der Waals surface area contributed by atoms with Crippen molar-refractivity contribution in [1.29, 1.82) is 0 Å². The largest absolute Gasteiger partial charge is 0.481 e. The Morgan fingerprint density at radius 1 is 1.03 bits per heavy atom. The van der Waals surface area contributed by atoms with Gasteiger partial charge in [-0.3, -0.25) is 4.98 Å². The van der Waals surface area contributed by atoms with E-state index in [0.717, 1.165) is 9.69 Å². The van der Waals surface area contributed by atoms with Gasteiger partial charge in [-0.1, -0.05) is 6.07 Å². The van der Waals surface area contributed by atoms with Gasteiger partial charge >= 0.3 is 0 Å². The van der Waals surface area contributed by atoms with Crippen LogP contribution >= 0.6 is 0 Å². The monoisotopic (exact) mass is 526 g/mol. The molecule has 0 atom stereocenters. The average Bonchev–Trinajstić information content (AvgIpc) is 2.91. The van der Waals surface area contributed by atoms with Crippen LogP contribution < -0.4 is 14.4 Å². The molecule has 0 spiro atoms. The molecule has 3 heterocycles. The predicted molar refractivity (Wildman–Crippen MR) is 135 cm³/mol. The molecule has 37 heavy (non-hydrogen) atoms. The highest BCUT2D eigenvalue weighted by Gasteiger charge is 2.36. The third-order valence-electron chi connectivity index (χ3n) is 6.26. The number of benzene rings is 1. The van der Waals surface area contributed by atoms with Gasteiger partial charge < -0.3 is 10.1 Å². The number of anilines is 3. The molecular weight excluding hydrogens is 502 g/mol. The van der Waals surface area contributed by atoms with Crippen LogP contribution in [0.2, 0.25) is 0 Å². The molecule has 1 aliphatic carbocycles.